The largest absolute Gasteiger partial charge is 0.335 e. The molecule has 0 aliphatic heterocycles. The van der Waals surface area contributed by atoms with E-state index in [1.165, 1.54) is 24.8 Å². The lowest BCUT2D eigenvalue weighted by molar-refractivity contribution is 0.187. The Hall–Kier alpha value is -3.08. The summed E-state index contributed by atoms with van der Waals surface area (Å²) in [4.78, 5) is 30.8. The summed E-state index contributed by atoms with van der Waals surface area (Å²) >= 11 is 0. The van der Waals surface area contributed by atoms with Crippen molar-refractivity contribution in [1.29, 1.82) is 0 Å². The third-order valence-electron chi connectivity index (χ3n) is 6.26. The summed E-state index contributed by atoms with van der Waals surface area (Å²) in [6.45, 7) is 2.85. The molecule has 0 unspecified atom stereocenters. The second kappa shape index (κ2) is 9.82. The molecule has 0 spiro atoms. The van der Waals surface area contributed by atoms with Crippen LogP contribution in [0.4, 0.5) is 4.79 Å². The van der Waals surface area contributed by atoms with Crippen LogP contribution in [0.3, 0.4) is 0 Å². The molecule has 0 saturated heterocycles. The zero-order valence-electron chi connectivity index (χ0n) is 18.2. The molecular formula is C26H31N3O2. The number of benzene rings is 2. The quantitative estimate of drug-likeness (QED) is 0.598. The highest BCUT2D eigenvalue weighted by Crippen LogP contribution is 2.19. The van der Waals surface area contributed by atoms with Crippen LogP contribution in [0.1, 0.15) is 48.8 Å². The number of nitrogens with zero attached hydrogens (tertiary/aromatic N) is 1. The van der Waals surface area contributed by atoms with Crippen molar-refractivity contribution < 1.29 is 4.79 Å². The molecule has 2 amide bonds. The molecule has 2 N–H and O–H groups in total. The zero-order valence-corrected chi connectivity index (χ0v) is 18.2. The molecule has 1 heterocycles. The highest BCUT2D eigenvalue weighted by atomic mass is 16.2. The topological polar surface area (TPSA) is 65.2 Å². The maximum Gasteiger partial charge on any atom is 0.317 e. The van der Waals surface area contributed by atoms with Gasteiger partial charge in [0.1, 0.15) is 0 Å². The van der Waals surface area contributed by atoms with E-state index in [0.717, 1.165) is 35.7 Å². The van der Waals surface area contributed by atoms with E-state index in [1.54, 1.807) is 4.90 Å². The lowest BCUT2D eigenvalue weighted by Crippen LogP contribution is -2.46. The van der Waals surface area contributed by atoms with Crippen LogP contribution in [0.25, 0.3) is 10.9 Å². The van der Waals surface area contributed by atoms with Crippen molar-refractivity contribution in [2.24, 2.45) is 0 Å². The zero-order chi connectivity index (χ0) is 21.6. The van der Waals surface area contributed by atoms with Crippen LogP contribution in [0.15, 0.2) is 59.4 Å². The van der Waals surface area contributed by atoms with Gasteiger partial charge in [0.25, 0.3) is 5.56 Å². The van der Waals surface area contributed by atoms with E-state index >= 15 is 0 Å². The van der Waals surface area contributed by atoms with E-state index in [9.17, 15) is 9.59 Å². The van der Waals surface area contributed by atoms with Gasteiger partial charge in [-0.05, 0) is 48.8 Å². The van der Waals surface area contributed by atoms with E-state index < -0.39 is 0 Å². The van der Waals surface area contributed by atoms with Crippen molar-refractivity contribution in [3.63, 3.8) is 0 Å². The molecule has 1 saturated carbocycles. The molecule has 1 aromatic heterocycles. The molecule has 0 atom stereocenters. The predicted octanol–water partition coefficient (Wildman–Crippen LogP) is 4.92. The molecule has 3 aromatic rings. The molecule has 5 heteroatoms. The van der Waals surface area contributed by atoms with Crippen molar-refractivity contribution in [3.05, 3.63) is 81.6 Å². The standard InChI is InChI=1S/C26H31N3O2/c1-19-9-8-12-21-17-22(25(30)28-24(19)21)18-29(16-15-20-10-4-2-5-11-20)26(31)27-23-13-6-3-7-14-23/h2,4-5,8-12,17,23H,3,6-7,13-16,18H2,1H3,(H,27,31)(H,28,30). The third-order valence-corrected chi connectivity index (χ3v) is 6.26. The monoisotopic (exact) mass is 417 g/mol. The van der Waals surface area contributed by atoms with Crippen LogP contribution < -0.4 is 10.9 Å². The number of aryl methyl sites for hydroxylation is 1. The number of rotatable bonds is 6. The minimum atomic E-state index is -0.128. The lowest BCUT2D eigenvalue weighted by Gasteiger charge is -2.28. The van der Waals surface area contributed by atoms with Crippen LogP contribution in [0.2, 0.25) is 0 Å². The highest BCUT2D eigenvalue weighted by molar-refractivity contribution is 5.82. The Morgan fingerprint density at radius 3 is 2.61 bits per heavy atom. The number of hydrogen-bond acceptors (Lipinski definition) is 2. The maximum atomic E-state index is 13.2. The Morgan fingerprint density at radius 1 is 1.06 bits per heavy atom. The first-order valence-electron chi connectivity index (χ1n) is 11.3. The number of H-pyrrole nitrogens is 1. The number of fused-ring (bicyclic) bond motifs is 1. The van der Waals surface area contributed by atoms with Gasteiger partial charge >= 0.3 is 6.03 Å². The number of para-hydroxylation sites is 1. The average Bonchev–Trinajstić information content (AvgIpc) is 2.79. The number of carbonyl (C=O) groups excluding carboxylic acids is 1. The molecule has 2 aromatic carbocycles. The number of nitrogens with one attached hydrogen (secondary N) is 2. The Bertz CT molecular complexity index is 1080. The summed E-state index contributed by atoms with van der Waals surface area (Å²) in [5.74, 6) is 0. The smallest absolute Gasteiger partial charge is 0.317 e. The summed E-state index contributed by atoms with van der Waals surface area (Å²) in [7, 11) is 0. The number of aromatic nitrogens is 1. The van der Waals surface area contributed by atoms with E-state index in [2.05, 4.69) is 22.4 Å². The Labute approximate surface area is 183 Å². The Balaban J connectivity index is 1.55. The van der Waals surface area contributed by atoms with E-state index in [-0.39, 0.29) is 17.6 Å². The lowest BCUT2D eigenvalue weighted by atomic mass is 9.96. The second-order valence-corrected chi connectivity index (χ2v) is 8.60. The van der Waals surface area contributed by atoms with Gasteiger partial charge < -0.3 is 15.2 Å². The molecule has 162 valence electrons. The summed E-state index contributed by atoms with van der Waals surface area (Å²) in [5.41, 5.74) is 3.57. The fourth-order valence-electron chi connectivity index (χ4n) is 4.43. The van der Waals surface area contributed by atoms with E-state index in [4.69, 9.17) is 0 Å². The molecule has 5 nitrogen and oxygen atoms in total. The van der Waals surface area contributed by atoms with Crippen molar-refractivity contribution in [3.8, 4) is 0 Å². The van der Waals surface area contributed by atoms with Crippen LogP contribution in [0, 0.1) is 6.92 Å². The van der Waals surface area contributed by atoms with Crippen molar-refractivity contribution in [2.75, 3.05) is 6.54 Å². The first-order valence-corrected chi connectivity index (χ1v) is 11.3. The van der Waals surface area contributed by atoms with Crippen LogP contribution in [-0.4, -0.2) is 28.5 Å². The van der Waals surface area contributed by atoms with Crippen molar-refractivity contribution >= 4 is 16.9 Å². The van der Waals surface area contributed by atoms with Gasteiger partial charge in [0.05, 0.1) is 12.1 Å². The normalized spacial score (nSPS) is 14.5. The summed E-state index contributed by atoms with van der Waals surface area (Å²) < 4.78 is 0. The predicted molar refractivity (Wildman–Crippen MR) is 125 cm³/mol. The summed E-state index contributed by atoms with van der Waals surface area (Å²) in [6.07, 6.45) is 6.40. The first-order chi connectivity index (χ1) is 15.1. The van der Waals surface area contributed by atoms with Gasteiger partial charge in [-0.1, -0.05) is 67.8 Å². The number of aromatic amines is 1. The third kappa shape index (κ3) is 5.35. The molecular weight excluding hydrogens is 386 g/mol. The highest BCUT2D eigenvalue weighted by Gasteiger charge is 2.21. The summed E-state index contributed by atoms with van der Waals surface area (Å²) in [6, 6.07) is 18.2. The van der Waals surface area contributed by atoms with Crippen molar-refractivity contribution in [1.82, 2.24) is 15.2 Å². The Kier molecular flexibility index (Phi) is 6.70. The minimum Gasteiger partial charge on any atom is -0.335 e. The van der Waals surface area contributed by atoms with Crippen molar-refractivity contribution in [2.45, 2.75) is 58.0 Å². The second-order valence-electron chi connectivity index (χ2n) is 8.60. The molecule has 4 rings (SSSR count). The van der Waals surface area contributed by atoms with Crippen LogP contribution in [0.5, 0.6) is 0 Å². The van der Waals surface area contributed by atoms with Gasteiger partial charge in [0, 0.05) is 18.2 Å². The van der Waals surface area contributed by atoms with E-state index in [0.29, 0.717) is 18.7 Å². The average molecular weight is 418 g/mol. The van der Waals surface area contributed by atoms with Crippen LogP contribution >= 0.6 is 0 Å². The molecule has 1 fully saturated rings. The maximum absolute atomic E-state index is 13.2. The number of pyridine rings is 1. The van der Waals surface area contributed by atoms with Gasteiger partial charge in [-0.2, -0.15) is 0 Å². The molecule has 31 heavy (non-hydrogen) atoms. The van der Waals surface area contributed by atoms with Gasteiger partial charge in [-0.25, -0.2) is 4.79 Å². The Morgan fingerprint density at radius 2 is 1.84 bits per heavy atom. The number of amides is 2. The molecule has 0 radical (unpaired) electrons. The first kappa shape index (κ1) is 21.2. The van der Waals surface area contributed by atoms with Gasteiger partial charge in [0.2, 0.25) is 0 Å². The number of urea groups is 1. The fourth-order valence-corrected chi connectivity index (χ4v) is 4.43. The van der Waals surface area contributed by atoms with Crippen LogP contribution in [-0.2, 0) is 13.0 Å². The van der Waals surface area contributed by atoms with Gasteiger partial charge in [-0.3, -0.25) is 4.79 Å². The minimum absolute atomic E-state index is 0.0772. The number of hydrogen-bond donors (Lipinski definition) is 2. The molecule has 1 aliphatic rings. The summed E-state index contributed by atoms with van der Waals surface area (Å²) in [5, 5.41) is 4.21. The molecule has 1 aliphatic carbocycles. The molecule has 0 bridgehead atoms. The van der Waals surface area contributed by atoms with Gasteiger partial charge in [0.15, 0.2) is 0 Å². The SMILES string of the molecule is Cc1cccc2cc(CN(CCc3ccccc3)C(=O)NC3CCCCC3)c(=O)[nH]c12. The fraction of sp³-hybridized carbons (Fsp3) is 0.385. The van der Waals surface area contributed by atoms with E-state index in [1.807, 2.05) is 49.4 Å². The van der Waals surface area contributed by atoms with Gasteiger partial charge in [-0.15, -0.1) is 0 Å². The number of carbonyl (C=O) groups is 1.